The van der Waals surface area contributed by atoms with E-state index < -0.39 is 5.43 Å². The van der Waals surface area contributed by atoms with Crippen LogP contribution in [0.15, 0.2) is 46.0 Å². The van der Waals surface area contributed by atoms with Crippen LogP contribution in [0.5, 0.6) is 0 Å². The lowest BCUT2D eigenvalue weighted by atomic mass is 10.0. The summed E-state index contributed by atoms with van der Waals surface area (Å²) in [7, 11) is 0. The third kappa shape index (κ3) is 1.22. The van der Waals surface area contributed by atoms with E-state index in [4.69, 9.17) is 5.11 Å². The number of hydrogen-bond acceptors (Lipinski definition) is 3. The second-order valence-electron chi connectivity index (χ2n) is 3.94. The van der Waals surface area contributed by atoms with Gasteiger partial charge in [0.1, 0.15) is 0 Å². The van der Waals surface area contributed by atoms with Gasteiger partial charge in [-0.05, 0) is 22.9 Å². The molecule has 0 saturated heterocycles. The third-order valence-corrected chi connectivity index (χ3v) is 2.98. The number of aliphatic hydroxyl groups excluding tert-OH is 1. The maximum absolute atomic E-state index is 12.0. The van der Waals surface area contributed by atoms with Crippen LogP contribution in [0.25, 0.3) is 17.0 Å². The van der Waals surface area contributed by atoms with E-state index in [1.54, 1.807) is 12.1 Å². The lowest BCUT2D eigenvalue weighted by molar-refractivity contribution is 0.540. The highest BCUT2D eigenvalue weighted by atomic mass is 16.2. The van der Waals surface area contributed by atoms with Crippen molar-refractivity contribution in [2.45, 2.75) is 0 Å². The van der Waals surface area contributed by atoms with Crippen LogP contribution >= 0.6 is 0 Å². The third-order valence-electron chi connectivity index (χ3n) is 2.98. The molecule has 3 rings (SSSR count). The first-order valence-electron chi connectivity index (χ1n) is 5.19. The monoisotopic (exact) mass is 224 g/mol. The van der Waals surface area contributed by atoms with Crippen LogP contribution in [0, 0.1) is 10.4 Å². The Bertz CT molecular complexity index is 928. The Labute approximate surface area is 95.2 Å². The molecule has 0 unspecified atom stereocenters. The highest BCUT2D eigenvalue weighted by molar-refractivity contribution is 5.70. The number of benzene rings is 1. The normalized spacial score (nSPS) is 12.6. The molecule has 3 heteroatoms. The van der Waals surface area contributed by atoms with Gasteiger partial charge in [0.15, 0.2) is 5.43 Å². The summed E-state index contributed by atoms with van der Waals surface area (Å²) in [4.78, 5) is 23.8. The average molecular weight is 224 g/mol. The van der Waals surface area contributed by atoms with Gasteiger partial charge in [0.2, 0.25) is 5.43 Å². The molecule has 0 bridgehead atoms. The van der Waals surface area contributed by atoms with E-state index in [1.807, 2.05) is 18.2 Å². The van der Waals surface area contributed by atoms with Gasteiger partial charge in [-0.15, -0.1) is 0 Å². The van der Waals surface area contributed by atoms with Crippen LogP contribution in [-0.4, -0.2) is 5.11 Å². The number of rotatable bonds is 0. The molecule has 3 nitrogen and oxygen atoms in total. The second kappa shape index (κ2) is 3.28. The minimum Gasteiger partial charge on any atom is -0.515 e. The summed E-state index contributed by atoms with van der Waals surface area (Å²) in [6.45, 7) is 0. The van der Waals surface area contributed by atoms with E-state index in [9.17, 15) is 9.59 Å². The van der Waals surface area contributed by atoms with Crippen molar-refractivity contribution in [3.63, 3.8) is 0 Å². The van der Waals surface area contributed by atoms with Gasteiger partial charge in [-0.1, -0.05) is 24.3 Å². The highest BCUT2D eigenvalue weighted by Gasteiger charge is 2.05. The molecule has 17 heavy (non-hydrogen) atoms. The Morgan fingerprint density at radius 1 is 0.941 bits per heavy atom. The molecule has 82 valence electrons. The van der Waals surface area contributed by atoms with Crippen molar-refractivity contribution < 1.29 is 5.11 Å². The first-order chi connectivity index (χ1) is 8.22. The van der Waals surface area contributed by atoms with Crippen molar-refractivity contribution in [1.82, 2.24) is 0 Å². The zero-order valence-electron chi connectivity index (χ0n) is 8.81. The molecule has 2 aliphatic carbocycles. The van der Waals surface area contributed by atoms with Gasteiger partial charge in [-0.25, -0.2) is 0 Å². The summed E-state index contributed by atoms with van der Waals surface area (Å²) >= 11 is 0. The summed E-state index contributed by atoms with van der Waals surface area (Å²) in [5.74, 6) is 0. The number of aliphatic hydroxyl groups is 1. The Morgan fingerprint density at radius 2 is 1.71 bits per heavy atom. The van der Waals surface area contributed by atoms with Crippen LogP contribution in [0.1, 0.15) is 0 Å². The van der Waals surface area contributed by atoms with E-state index in [0.29, 0.717) is 5.22 Å². The Morgan fingerprint density at radius 3 is 2.47 bits per heavy atom. The molecule has 0 saturated carbocycles. The van der Waals surface area contributed by atoms with E-state index >= 15 is 0 Å². The maximum Gasteiger partial charge on any atom is 0.200 e. The van der Waals surface area contributed by atoms with Crippen molar-refractivity contribution >= 4 is 17.0 Å². The first kappa shape index (κ1) is 9.78. The predicted octanol–water partition coefficient (Wildman–Crippen LogP) is 0.738. The Kier molecular flexibility index (Phi) is 1.89. The van der Waals surface area contributed by atoms with Gasteiger partial charge < -0.3 is 5.11 Å². The average Bonchev–Trinajstić information content (AvgIpc) is 2.35. The zero-order chi connectivity index (χ0) is 12.0. The molecule has 1 aromatic carbocycles. The molecule has 0 radical (unpaired) electrons. The van der Waals surface area contributed by atoms with Crippen molar-refractivity contribution in [3.05, 3.63) is 72.5 Å². The zero-order valence-corrected chi connectivity index (χ0v) is 8.81. The summed E-state index contributed by atoms with van der Waals surface area (Å²) < 4.78 is 0. The predicted molar refractivity (Wildman–Crippen MR) is 65.3 cm³/mol. The molecule has 0 amide bonds. The van der Waals surface area contributed by atoms with Crippen molar-refractivity contribution in [2.24, 2.45) is 0 Å². The van der Waals surface area contributed by atoms with Crippen LogP contribution in [0.3, 0.4) is 0 Å². The van der Waals surface area contributed by atoms with Crippen LogP contribution in [0.2, 0.25) is 0 Å². The lowest BCUT2D eigenvalue weighted by Crippen LogP contribution is -2.29. The maximum atomic E-state index is 12.0. The fraction of sp³-hybridized carbons (Fsp3) is 0. The van der Waals surface area contributed by atoms with Crippen LogP contribution < -0.4 is 16.1 Å². The minimum absolute atomic E-state index is 0.147. The Hall–Kier alpha value is -2.42. The van der Waals surface area contributed by atoms with Gasteiger partial charge in [0.25, 0.3) is 0 Å². The van der Waals surface area contributed by atoms with Gasteiger partial charge >= 0.3 is 0 Å². The van der Waals surface area contributed by atoms with Crippen molar-refractivity contribution in [1.29, 1.82) is 0 Å². The highest BCUT2D eigenvalue weighted by Crippen LogP contribution is 2.11. The molecule has 0 aromatic heterocycles. The second-order valence-corrected chi connectivity index (χ2v) is 3.94. The van der Waals surface area contributed by atoms with Crippen molar-refractivity contribution in [3.8, 4) is 0 Å². The summed E-state index contributed by atoms with van der Waals surface area (Å²) in [5.41, 5.74) is -0.718. The van der Waals surface area contributed by atoms with Crippen molar-refractivity contribution in [2.75, 3.05) is 0 Å². The molecule has 0 heterocycles. The molecule has 0 fully saturated rings. The van der Waals surface area contributed by atoms with Gasteiger partial charge in [0, 0.05) is 5.22 Å². The van der Waals surface area contributed by atoms with Gasteiger partial charge in [0.05, 0.1) is 16.7 Å². The number of hydrogen-bond donors (Lipinski definition) is 1. The quantitative estimate of drug-likeness (QED) is 0.612. The fourth-order valence-corrected chi connectivity index (χ4v) is 2.21. The Balaban J connectivity index is 2.97. The minimum atomic E-state index is -0.415. The lowest BCUT2D eigenvalue weighted by Gasteiger charge is -2.00. The van der Waals surface area contributed by atoms with Gasteiger partial charge in [-0.2, -0.15) is 0 Å². The molecular formula is C14H8O3. The topological polar surface area (TPSA) is 54.4 Å². The van der Waals surface area contributed by atoms with E-state index in [1.165, 1.54) is 6.07 Å². The molecule has 0 aliphatic heterocycles. The molecule has 1 N–H and O–H groups in total. The molecule has 0 atom stereocenters. The summed E-state index contributed by atoms with van der Waals surface area (Å²) in [6.07, 6.45) is 0.747. The van der Waals surface area contributed by atoms with Crippen LogP contribution in [-0.2, 0) is 0 Å². The first-order valence-corrected chi connectivity index (χ1v) is 5.19. The van der Waals surface area contributed by atoms with Crippen LogP contribution in [0.4, 0.5) is 0 Å². The molecule has 2 aliphatic rings. The van der Waals surface area contributed by atoms with E-state index in [-0.39, 0.29) is 15.9 Å². The van der Waals surface area contributed by atoms with Gasteiger partial charge in [-0.3, -0.25) is 9.59 Å². The standard InChI is InChI=1S/C14H8O3/c15-7-10-6-9-3-1-2-8-4-5-11(16)13(12(8)9)14(10)17/h1-7,15H/b10-7-. The SMILES string of the molecule is O=c1ccc2cccc3c/c(=C/O)c(=O)c1=c23. The summed E-state index contributed by atoms with van der Waals surface area (Å²) in [6, 6.07) is 10.2. The molecule has 0 spiro atoms. The fourth-order valence-electron chi connectivity index (χ4n) is 2.21. The molecule has 1 aromatic rings. The smallest absolute Gasteiger partial charge is 0.200 e. The summed E-state index contributed by atoms with van der Waals surface area (Å²) in [5, 5.41) is 11.6. The van der Waals surface area contributed by atoms with E-state index in [2.05, 4.69) is 0 Å². The molecular weight excluding hydrogens is 216 g/mol. The van der Waals surface area contributed by atoms with E-state index in [0.717, 1.165) is 17.0 Å². The largest absolute Gasteiger partial charge is 0.515 e.